The van der Waals surface area contributed by atoms with E-state index in [4.69, 9.17) is 0 Å². The van der Waals surface area contributed by atoms with Crippen LogP contribution in [0.1, 0.15) is 11.1 Å². The van der Waals surface area contributed by atoms with Crippen LogP contribution in [0.4, 0.5) is 4.39 Å². The van der Waals surface area contributed by atoms with E-state index in [1.54, 1.807) is 19.3 Å². The van der Waals surface area contributed by atoms with Gasteiger partial charge in [0.15, 0.2) is 5.96 Å². The van der Waals surface area contributed by atoms with Crippen LogP contribution in [0.2, 0.25) is 0 Å². The average molecular weight is 303 g/mol. The van der Waals surface area contributed by atoms with E-state index in [1.807, 2.05) is 29.9 Å². The van der Waals surface area contributed by atoms with Crippen LogP contribution in [0, 0.1) is 12.7 Å². The molecule has 0 fully saturated rings. The molecule has 0 saturated heterocycles. The molecule has 1 heterocycles. The first-order valence-corrected chi connectivity index (χ1v) is 7.36. The zero-order chi connectivity index (χ0) is 15.8. The van der Waals surface area contributed by atoms with E-state index >= 15 is 0 Å². The second-order valence-corrected chi connectivity index (χ2v) is 5.02. The highest BCUT2D eigenvalue weighted by atomic mass is 19.1. The Morgan fingerprint density at radius 2 is 2.14 bits per heavy atom. The van der Waals surface area contributed by atoms with Crippen molar-refractivity contribution >= 4 is 5.96 Å². The maximum absolute atomic E-state index is 13.1. The van der Waals surface area contributed by atoms with Gasteiger partial charge in [0.2, 0.25) is 0 Å². The fraction of sp³-hybridized carbons (Fsp3) is 0.375. The van der Waals surface area contributed by atoms with Crippen molar-refractivity contribution in [3.63, 3.8) is 0 Å². The van der Waals surface area contributed by atoms with Crippen LogP contribution in [0.5, 0.6) is 0 Å². The molecule has 0 radical (unpaired) electrons. The number of hydrogen-bond acceptors (Lipinski definition) is 2. The predicted molar refractivity (Wildman–Crippen MR) is 86.4 cm³/mol. The summed E-state index contributed by atoms with van der Waals surface area (Å²) >= 11 is 0. The second-order valence-electron chi connectivity index (χ2n) is 5.02. The van der Waals surface area contributed by atoms with Gasteiger partial charge in [0.1, 0.15) is 5.82 Å². The molecule has 0 unspecified atom stereocenters. The van der Waals surface area contributed by atoms with Gasteiger partial charge in [-0.15, -0.1) is 0 Å². The van der Waals surface area contributed by atoms with Gasteiger partial charge in [-0.05, 0) is 42.7 Å². The molecule has 0 saturated carbocycles. The smallest absolute Gasteiger partial charge is 0.191 e. The van der Waals surface area contributed by atoms with Gasteiger partial charge in [-0.1, -0.05) is 6.07 Å². The molecule has 0 bridgehead atoms. The van der Waals surface area contributed by atoms with Gasteiger partial charge in [-0.3, -0.25) is 9.67 Å². The Morgan fingerprint density at radius 3 is 2.82 bits per heavy atom. The second kappa shape index (κ2) is 8.17. The summed E-state index contributed by atoms with van der Waals surface area (Å²) in [5.74, 6) is 0.567. The summed E-state index contributed by atoms with van der Waals surface area (Å²) in [6, 6.07) is 6.80. The Hall–Kier alpha value is -2.37. The highest BCUT2D eigenvalue weighted by Gasteiger charge is 2.01. The Morgan fingerprint density at radius 1 is 1.32 bits per heavy atom. The summed E-state index contributed by atoms with van der Waals surface area (Å²) in [4.78, 5) is 4.18. The first kappa shape index (κ1) is 16.0. The molecule has 118 valence electrons. The van der Waals surface area contributed by atoms with Crippen molar-refractivity contribution < 1.29 is 4.39 Å². The van der Waals surface area contributed by atoms with Crippen LogP contribution in [0.15, 0.2) is 41.7 Å². The molecule has 0 atom stereocenters. The third kappa shape index (κ3) is 4.87. The molecule has 22 heavy (non-hydrogen) atoms. The Labute approximate surface area is 130 Å². The lowest BCUT2D eigenvalue weighted by Crippen LogP contribution is -2.39. The normalized spacial score (nSPS) is 11.5. The zero-order valence-electron chi connectivity index (χ0n) is 13.0. The molecule has 0 amide bonds. The minimum Gasteiger partial charge on any atom is -0.356 e. The Balaban J connectivity index is 1.72. The van der Waals surface area contributed by atoms with Crippen molar-refractivity contribution in [2.45, 2.75) is 19.9 Å². The van der Waals surface area contributed by atoms with Gasteiger partial charge in [0, 0.05) is 32.5 Å². The molecule has 0 spiro atoms. The number of nitrogens with zero attached hydrogens (tertiary/aromatic N) is 3. The molecular formula is C16H22FN5. The molecule has 1 aromatic carbocycles. The van der Waals surface area contributed by atoms with E-state index in [9.17, 15) is 4.39 Å². The maximum atomic E-state index is 13.1. The molecule has 0 aliphatic heterocycles. The summed E-state index contributed by atoms with van der Waals surface area (Å²) in [5.41, 5.74) is 2.12. The molecule has 0 aliphatic carbocycles. The number of halogens is 1. The van der Waals surface area contributed by atoms with E-state index in [1.165, 1.54) is 6.07 Å². The third-order valence-electron chi connectivity index (χ3n) is 3.41. The van der Waals surface area contributed by atoms with E-state index in [2.05, 4.69) is 20.7 Å². The lowest BCUT2D eigenvalue weighted by molar-refractivity contribution is 0.597. The molecule has 1 aromatic heterocycles. The van der Waals surface area contributed by atoms with Crippen molar-refractivity contribution in [1.29, 1.82) is 0 Å². The van der Waals surface area contributed by atoms with Gasteiger partial charge in [-0.25, -0.2) is 4.39 Å². The monoisotopic (exact) mass is 303 g/mol. The van der Waals surface area contributed by atoms with E-state index in [0.29, 0.717) is 0 Å². The first-order valence-electron chi connectivity index (χ1n) is 7.36. The summed E-state index contributed by atoms with van der Waals surface area (Å²) in [7, 11) is 1.74. The van der Waals surface area contributed by atoms with Crippen LogP contribution < -0.4 is 10.6 Å². The molecule has 5 nitrogen and oxygen atoms in total. The van der Waals surface area contributed by atoms with Crippen molar-refractivity contribution in [2.24, 2.45) is 4.99 Å². The molecular weight excluding hydrogens is 281 g/mol. The van der Waals surface area contributed by atoms with Crippen LogP contribution in [0.3, 0.4) is 0 Å². The number of aryl methyl sites for hydroxylation is 1. The average Bonchev–Trinajstić information content (AvgIpc) is 3.01. The van der Waals surface area contributed by atoms with Gasteiger partial charge in [0.25, 0.3) is 0 Å². The van der Waals surface area contributed by atoms with Gasteiger partial charge in [0.05, 0.1) is 6.54 Å². The largest absolute Gasteiger partial charge is 0.356 e. The third-order valence-corrected chi connectivity index (χ3v) is 3.41. The molecule has 0 aliphatic rings. The lowest BCUT2D eigenvalue weighted by Gasteiger charge is -2.12. The Kier molecular flexibility index (Phi) is 5.94. The summed E-state index contributed by atoms with van der Waals surface area (Å²) in [5, 5.41) is 10.6. The minimum absolute atomic E-state index is 0.190. The highest BCUT2D eigenvalue weighted by molar-refractivity contribution is 5.79. The number of guanidine groups is 1. The topological polar surface area (TPSA) is 54.2 Å². The fourth-order valence-corrected chi connectivity index (χ4v) is 2.20. The first-order chi connectivity index (χ1) is 10.7. The maximum Gasteiger partial charge on any atom is 0.191 e. The predicted octanol–water partition coefficient (Wildman–Crippen LogP) is 1.74. The van der Waals surface area contributed by atoms with Crippen molar-refractivity contribution in [3.8, 4) is 0 Å². The minimum atomic E-state index is -0.190. The number of aliphatic imine (C=N–C) groups is 1. The van der Waals surface area contributed by atoms with E-state index < -0.39 is 0 Å². The SMILES string of the molecule is CN=C(NCCc1ccc(F)cc1C)NCCn1cccn1. The molecule has 2 rings (SSSR count). The fourth-order valence-electron chi connectivity index (χ4n) is 2.20. The summed E-state index contributed by atoms with van der Waals surface area (Å²) < 4.78 is 14.9. The standard InChI is InChI=1S/C16H22FN5/c1-13-12-15(17)5-4-14(13)6-8-19-16(18-2)20-9-11-22-10-3-7-21-22/h3-5,7,10,12H,6,8-9,11H2,1-2H3,(H2,18,19,20). The molecule has 2 aromatic rings. The number of aromatic nitrogens is 2. The van der Waals surface area contributed by atoms with Crippen LogP contribution >= 0.6 is 0 Å². The van der Waals surface area contributed by atoms with Crippen molar-refractivity contribution in [1.82, 2.24) is 20.4 Å². The number of benzene rings is 1. The van der Waals surface area contributed by atoms with Crippen molar-refractivity contribution in [3.05, 3.63) is 53.6 Å². The van der Waals surface area contributed by atoms with Gasteiger partial charge >= 0.3 is 0 Å². The van der Waals surface area contributed by atoms with Gasteiger partial charge < -0.3 is 10.6 Å². The highest BCUT2D eigenvalue weighted by Crippen LogP contribution is 2.10. The number of rotatable bonds is 6. The van der Waals surface area contributed by atoms with Crippen LogP contribution in [-0.2, 0) is 13.0 Å². The van der Waals surface area contributed by atoms with Gasteiger partial charge in [-0.2, -0.15) is 5.10 Å². The number of hydrogen-bond donors (Lipinski definition) is 2. The lowest BCUT2D eigenvalue weighted by atomic mass is 10.1. The van der Waals surface area contributed by atoms with Crippen LogP contribution in [0.25, 0.3) is 0 Å². The van der Waals surface area contributed by atoms with Crippen molar-refractivity contribution in [2.75, 3.05) is 20.1 Å². The molecule has 2 N–H and O–H groups in total. The quantitative estimate of drug-likeness (QED) is 0.631. The van der Waals surface area contributed by atoms with E-state index in [0.717, 1.165) is 43.1 Å². The Bertz CT molecular complexity index is 607. The van der Waals surface area contributed by atoms with Crippen LogP contribution in [-0.4, -0.2) is 35.9 Å². The van der Waals surface area contributed by atoms with E-state index in [-0.39, 0.29) is 5.82 Å². The molecule has 6 heteroatoms. The zero-order valence-corrected chi connectivity index (χ0v) is 13.0. The summed E-state index contributed by atoms with van der Waals surface area (Å²) in [6.45, 7) is 4.20. The summed E-state index contributed by atoms with van der Waals surface area (Å²) in [6.07, 6.45) is 4.51. The number of nitrogens with one attached hydrogen (secondary N) is 2.